The van der Waals surface area contributed by atoms with Crippen LogP contribution in [0.4, 0.5) is 0 Å². The number of carbonyl (C=O) groups excluding carboxylic acids is 1. The maximum absolute atomic E-state index is 10.8. The van der Waals surface area contributed by atoms with Crippen molar-refractivity contribution >= 4 is 5.78 Å². The molecule has 0 aliphatic carbocycles. The second-order valence-electron chi connectivity index (χ2n) is 3.11. The number of allylic oxidation sites excluding steroid dienone is 1. The summed E-state index contributed by atoms with van der Waals surface area (Å²) in [5, 5.41) is 0. The molecule has 0 aromatic rings. The SMILES string of the molecule is C=CC(=O)CCOC1COC1CC. The lowest BCUT2D eigenvalue weighted by molar-refractivity contribution is -0.188. The molecule has 1 rings (SSSR count). The van der Waals surface area contributed by atoms with Gasteiger partial charge < -0.3 is 9.47 Å². The van der Waals surface area contributed by atoms with Crippen LogP contribution in [0.5, 0.6) is 0 Å². The van der Waals surface area contributed by atoms with E-state index in [0.29, 0.717) is 19.6 Å². The molecule has 3 heteroatoms. The standard InChI is InChI=1S/C10H16O3/c1-3-8(11)5-6-12-10-7-13-9(10)4-2/h3,9-10H,1,4-7H2,2H3. The molecule has 1 fully saturated rings. The van der Waals surface area contributed by atoms with Crippen LogP contribution in [0.15, 0.2) is 12.7 Å². The zero-order valence-corrected chi connectivity index (χ0v) is 7.99. The first-order valence-corrected chi connectivity index (χ1v) is 4.66. The van der Waals surface area contributed by atoms with Crippen molar-refractivity contribution in [3.63, 3.8) is 0 Å². The molecule has 0 radical (unpaired) electrons. The summed E-state index contributed by atoms with van der Waals surface area (Å²) < 4.78 is 10.7. The summed E-state index contributed by atoms with van der Waals surface area (Å²) in [7, 11) is 0. The van der Waals surface area contributed by atoms with Crippen LogP contribution in [0.25, 0.3) is 0 Å². The molecule has 74 valence electrons. The van der Waals surface area contributed by atoms with E-state index in [4.69, 9.17) is 9.47 Å². The van der Waals surface area contributed by atoms with E-state index in [1.54, 1.807) is 0 Å². The van der Waals surface area contributed by atoms with Crippen LogP contribution in [-0.2, 0) is 14.3 Å². The van der Waals surface area contributed by atoms with E-state index in [2.05, 4.69) is 13.5 Å². The van der Waals surface area contributed by atoms with E-state index in [1.165, 1.54) is 6.08 Å². The fourth-order valence-corrected chi connectivity index (χ4v) is 1.26. The van der Waals surface area contributed by atoms with E-state index in [9.17, 15) is 4.79 Å². The summed E-state index contributed by atoms with van der Waals surface area (Å²) in [6, 6.07) is 0. The summed E-state index contributed by atoms with van der Waals surface area (Å²) in [6.07, 6.45) is 3.16. The third kappa shape index (κ3) is 2.94. The van der Waals surface area contributed by atoms with Gasteiger partial charge in [-0.05, 0) is 12.5 Å². The lowest BCUT2D eigenvalue weighted by Gasteiger charge is -2.35. The number of ketones is 1. The fourth-order valence-electron chi connectivity index (χ4n) is 1.26. The minimum absolute atomic E-state index is 0.0355. The molecule has 13 heavy (non-hydrogen) atoms. The van der Waals surface area contributed by atoms with Gasteiger partial charge in [-0.3, -0.25) is 4.79 Å². The monoisotopic (exact) mass is 184 g/mol. The van der Waals surface area contributed by atoms with E-state index in [0.717, 1.165) is 6.42 Å². The lowest BCUT2D eigenvalue weighted by atomic mass is 10.1. The molecule has 1 aliphatic heterocycles. The van der Waals surface area contributed by atoms with Crippen molar-refractivity contribution in [2.24, 2.45) is 0 Å². The first kappa shape index (κ1) is 10.4. The lowest BCUT2D eigenvalue weighted by Crippen LogP contribution is -2.46. The van der Waals surface area contributed by atoms with Crippen molar-refractivity contribution < 1.29 is 14.3 Å². The van der Waals surface area contributed by atoms with Crippen LogP contribution < -0.4 is 0 Å². The summed E-state index contributed by atoms with van der Waals surface area (Å²) in [5.41, 5.74) is 0. The second kappa shape index (κ2) is 5.14. The summed E-state index contributed by atoms with van der Waals surface area (Å²) in [6.45, 7) is 6.61. The van der Waals surface area contributed by atoms with Crippen molar-refractivity contribution in [2.75, 3.05) is 13.2 Å². The molecule has 0 spiro atoms. The van der Waals surface area contributed by atoms with Gasteiger partial charge in [0.1, 0.15) is 6.10 Å². The van der Waals surface area contributed by atoms with E-state index < -0.39 is 0 Å². The normalized spacial score (nSPS) is 26.5. The molecule has 1 saturated heterocycles. The van der Waals surface area contributed by atoms with Crippen LogP contribution >= 0.6 is 0 Å². The van der Waals surface area contributed by atoms with Crippen LogP contribution in [0.2, 0.25) is 0 Å². The molecule has 3 nitrogen and oxygen atoms in total. The van der Waals surface area contributed by atoms with Gasteiger partial charge in [-0.25, -0.2) is 0 Å². The Balaban J connectivity index is 2.06. The van der Waals surface area contributed by atoms with Crippen LogP contribution in [0, 0.1) is 0 Å². The zero-order valence-electron chi connectivity index (χ0n) is 7.99. The van der Waals surface area contributed by atoms with Crippen LogP contribution in [-0.4, -0.2) is 31.2 Å². The van der Waals surface area contributed by atoms with Gasteiger partial charge in [-0.15, -0.1) is 0 Å². The van der Waals surface area contributed by atoms with Gasteiger partial charge in [0.05, 0.1) is 19.3 Å². The highest BCUT2D eigenvalue weighted by Crippen LogP contribution is 2.19. The molecule has 0 amide bonds. The Hall–Kier alpha value is -0.670. The smallest absolute Gasteiger partial charge is 0.157 e. The van der Waals surface area contributed by atoms with Crippen LogP contribution in [0.3, 0.4) is 0 Å². The van der Waals surface area contributed by atoms with Crippen molar-refractivity contribution in [3.05, 3.63) is 12.7 Å². The maximum Gasteiger partial charge on any atom is 0.157 e. The third-order valence-electron chi connectivity index (χ3n) is 2.20. The van der Waals surface area contributed by atoms with Gasteiger partial charge in [0.25, 0.3) is 0 Å². The Bertz CT molecular complexity index is 187. The summed E-state index contributed by atoms with van der Waals surface area (Å²) in [4.78, 5) is 10.8. The average Bonchev–Trinajstić information content (AvgIpc) is 2.11. The van der Waals surface area contributed by atoms with Crippen LogP contribution in [0.1, 0.15) is 19.8 Å². The van der Waals surface area contributed by atoms with Crippen molar-refractivity contribution in [1.29, 1.82) is 0 Å². The second-order valence-corrected chi connectivity index (χ2v) is 3.11. The average molecular weight is 184 g/mol. The molecule has 2 unspecified atom stereocenters. The Kier molecular flexibility index (Phi) is 4.12. The number of carbonyl (C=O) groups is 1. The van der Waals surface area contributed by atoms with E-state index in [1.807, 2.05) is 0 Å². The van der Waals surface area contributed by atoms with Gasteiger partial charge in [0.2, 0.25) is 0 Å². The molecule has 2 atom stereocenters. The Morgan fingerprint density at radius 2 is 2.54 bits per heavy atom. The summed E-state index contributed by atoms with van der Waals surface area (Å²) in [5.74, 6) is 0.0355. The molecular formula is C10H16O3. The minimum Gasteiger partial charge on any atom is -0.373 e. The van der Waals surface area contributed by atoms with Gasteiger partial charge in [0, 0.05) is 6.42 Å². The van der Waals surface area contributed by atoms with Gasteiger partial charge in [0.15, 0.2) is 5.78 Å². The quantitative estimate of drug-likeness (QED) is 0.584. The fraction of sp³-hybridized carbons (Fsp3) is 0.700. The van der Waals surface area contributed by atoms with Gasteiger partial charge in [-0.2, -0.15) is 0 Å². The number of ether oxygens (including phenoxy) is 2. The molecule has 1 heterocycles. The Labute approximate surface area is 78.7 Å². The number of hydrogen-bond donors (Lipinski definition) is 0. The molecule has 0 aromatic carbocycles. The molecular weight excluding hydrogens is 168 g/mol. The largest absolute Gasteiger partial charge is 0.373 e. The zero-order chi connectivity index (χ0) is 9.68. The Morgan fingerprint density at radius 3 is 3.00 bits per heavy atom. The molecule has 0 N–H and O–H groups in total. The maximum atomic E-state index is 10.8. The molecule has 1 aliphatic rings. The predicted molar refractivity (Wildman–Crippen MR) is 49.6 cm³/mol. The van der Waals surface area contributed by atoms with Crippen molar-refractivity contribution in [3.8, 4) is 0 Å². The van der Waals surface area contributed by atoms with Crippen molar-refractivity contribution in [1.82, 2.24) is 0 Å². The first-order chi connectivity index (χ1) is 6.27. The third-order valence-corrected chi connectivity index (χ3v) is 2.20. The number of rotatable bonds is 6. The summed E-state index contributed by atoms with van der Waals surface area (Å²) >= 11 is 0. The van der Waals surface area contributed by atoms with Gasteiger partial charge >= 0.3 is 0 Å². The molecule has 0 aromatic heterocycles. The van der Waals surface area contributed by atoms with Gasteiger partial charge in [-0.1, -0.05) is 13.5 Å². The Morgan fingerprint density at radius 1 is 1.77 bits per heavy atom. The highest BCUT2D eigenvalue weighted by atomic mass is 16.6. The topological polar surface area (TPSA) is 35.5 Å². The highest BCUT2D eigenvalue weighted by molar-refractivity contribution is 5.89. The van der Waals surface area contributed by atoms with E-state index in [-0.39, 0.29) is 18.0 Å². The molecule has 0 bridgehead atoms. The molecule has 0 saturated carbocycles. The minimum atomic E-state index is 0.0355. The van der Waals surface area contributed by atoms with Crippen molar-refractivity contribution in [2.45, 2.75) is 32.0 Å². The first-order valence-electron chi connectivity index (χ1n) is 4.66. The van der Waals surface area contributed by atoms with E-state index >= 15 is 0 Å². The predicted octanol–water partition coefficient (Wildman–Crippen LogP) is 1.33. The highest BCUT2D eigenvalue weighted by Gasteiger charge is 2.30. The number of hydrogen-bond acceptors (Lipinski definition) is 3.